The number of H-pyrrole nitrogens is 1. The van der Waals surface area contributed by atoms with Crippen LogP contribution in [0.5, 0.6) is 0 Å². The van der Waals surface area contributed by atoms with Crippen molar-refractivity contribution < 1.29 is 9.60 Å². The minimum absolute atomic E-state index is 0.0950. The lowest BCUT2D eigenvalue weighted by Gasteiger charge is -2.09. The Morgan fingerprint density at radius 1 is 1.50 bits per heavy atom. The fraction of sp³-hybridized carbons (Fsp3) is 0.167. The summed E-state index contributed by atoms with van der Waals surface area (Å²) in [5.74, 6) is 0. The number of halogens is 1. The number of fused-ring (bicyclic) bond motifs is 3. The third-order valence-electron chi connectivity index (χ3n) is 2.17. The molecule has 1 aromatic carbocycles. The molecule has 1 aliphatic carbocycles. The van der Waals surface area contributed by atoms with Crippen LogP contribution in [0.4, 0.5) is 0 Å². The lowest BCUT2D eigenvalue weighted by molar-refractivity contribution is 0.979. The van der Waals surface area contributed by atoms with E-state index in [1.165, 1.54) is 0 Å². The maximum absolute atomic E-state index is 8.07. The first-order valence-electron chi connectivity index (χ1n) is 7.65. The van der Waals surface area contributed by atoms with Crippen LogP contribution in [0.15, 0.2) is 30.2 Å². The molecule has 1 aromatic heterocycles. The van der Waals surface area contributed by atoms with Crippen LogP contribution < -0.4 is 0 Å². The number of aromatic nitrogens is 1. The number of hydrogen-bond donors (Lipinski definition) is 1. The molecule has 3 rings (SSSR count). The first kappa shape index (κ1) is 3.86. The van der Waals surface area contributed by atoms with Gasteiger partial charge in [0, 0.05) is 34.8 Å². The van der Waals surface area contributed by atoms with E-state index in [0.717, 1.165) is 0 Å². The summed E-state index contributed by atoms with van der Waals surface area (Å²) in [6, 6.07) is -1.56. The van der Waals surface area contributed by atoms with E-state index >= 15 is 0 Å². The van der Waals surface area contributed by atoms with Gasteiger partial charge in [-0.1, -0.05) is 46.2 Å². The maximum Gasteiger partial charge on any atom is 0.0645 e. The number of rotatable bonds is 0. The van der Waals surface area contributed by atoms with Crippen molar-refractivity contribution in [3.05, 3.63) is 41.5 Å². The quantitative estimate of drug-likeness (QED) is 0.693. The molecular weight excluding hydrogens is 238 g/mol. The van der Waals surface area contributed by atoms with E-state index < -0.39 is 4.80 Å². The summed E-state index contributed by atoms with van der Waals surface area (Å²) < 4.78 is 55.3. The molecule has 0 aliphatic heterocycles. The Hall–Kier alpha value is -1.02. The van der Waals surface area contributed by atoms with Gasteiger partial charge in [0.2, 0.25) is 0 Å². The number of para-hydroxylation sites is 1. The molecule has 0 bridgehead atoms. The Bertz CT molecular complexity index is 821. The minimum atomic E-state index is -1.42. The van der Waals surface area contributed by atoms with Crippen molar-refractivity contribution in [1.29, 1.82) is 0 Å². The van der Waals surface area contributed by atoms with E-state index in [4.69, 9.17) is 9.60 Å². The SMILES string of the molecule is [2H]C1=C([2H])C([2H])(Br)Cc2[nH]c3c([2H])c([2H])c([2H])c([2H])c3c21. The van der Waals surface area contributed by atoms with E-state index in [1.54, 1.807) is 0 Å². The number of hydrogen-bond acceptors (Lipinski definition) is 0. The summed E-state index contributed by atoms with van der Waals surface area (Å²) in [4.78, 5) is 1.48. The Morgan fingerprint density at radius 2 is 2.36 bits per heavy atom. The third-order valence-corrected chi connectivity index (χ3v) is 2.65. The predicted molar refractivity (Wildman–Crippen MR) is 63.8 cm³/mol. The predicted octanol–water partition coefficient (Wildman–Crippen LogP) is 3.50. The van der Waals surface area contributed by atoms with Crippen molar-refractivity contribution in [3.8, 4) is 0 Å². The molecule has 0 saturated carbocycles. The molecule has 0 spiro atoms. The Balaban J connectivity index is 2.50. The number of aromatic amines is 1. The molecule has 1 unspecified atom stereocenters. The maximum atomic E-state index is 8.07. The van der Waals surface area contributed by atoms with Gasteiger partial charge in [-0.15, -0.1) is 0 Å². The van der Waals surface area contributed by atoms with Gasteiger partial charge in [-0.05, 0) is 6.04 Å². The van der Waals surface area contributed by atoms with Crippen molar-refractivity contribution in [2.24, 2.45) is 0 Å². The van der Waals surface area contributed by atoms with Crippen LogP contribution in [-0.4, -0.2) is 9.79 Å². The monoisotopic (exact) mass is 254 g/mol. The molecule has 70 valence electrons. The van der Waals surface area contributed by atoms with Gasteiger partial charge in [0.05, 0.1) is 8.22 Å². The van der Waals surface area contributed by atoms with Gasteiger partial charge >= 0.3 is 0 Å². The zero-order chi connectivity index (χ0) is 15.7. The van der Waals surface area contributed by atoms with Gasteiger partial charge in [-0.3, -0.25) is 0 Å². The van der Waals surface area contributed by atoms with Gasteiger partial charge in [0.15, 0.2) is 0 Å². The molecule has 2 heteroatoms. The number of allylic oxidation sites excluding steroid dienone is 1. The molecule has 14 heavy (non-hydrogen) atoms. The normalized spacial score (nSPS) is 33.6. The molecule has 0 saturated heterocycles. The van der Waals surface area contributed by atoms with Crippen molar-refractivity contribution in [3.63, 3.8) is 0 Å². The molecule has 0 radical (unpaired) electrons. The summed E-state index contributed by atoms with van der Waals surface area (Å²) in [6.45, 7) is 0. The van der Waals surface area contributed by atoms with Crippen LogP contribution in [0.25, 0.3) is 17.0 Å². The number of benzene rings is 1. The fourth-order valence-corrected chi connectivity index (χ4v) is 1.94. The molecule has 1 aliphatic rings. The van der Waals surface area contributed by atoms with Crippen molar-refractivity contribution in [1.82, 2.24) is 4.98 Å². The van der Waals surface area contributed by atoms with E-state index in [2.05, 4.69) is 20.9 Å². The average Bonchev–Trinajstić information content (AvgIpc) is 2.79. The lowest BCUT2D eigenvalue weighted by Crippen LogP contribution is -2.04. The van der Waals surface area contributed by atoms with Gasteiger partial charge in [-0.2, -0.15) is 0 Å². The van der Waals surface area contributed by atoms with E-state index in [-0.39, 0.29) is 53.6 Å². The first-order valence-corrected chi connectivity index (χ1v) is 4.94. The highest BCUT2D eigenvalue weighted by Gasteiger charge is 2.15. The summed E-state index contributed by atoms with van der Waals surface area (Å²) in [5, 5.41) is 0.216. The topological polar surface area (TPSA) is 15.8 Å². The van der Waals surface area contributed by atoms with Crippen LogP contribution >= 0.6 is 15.9 Å². The van der Waals surface area contributed by atoms with Gasteiger partial charge in [-0.25, -0.2) is 0 Å². The molecular formula is C12H10BrN. The van der Waals surface area contributed by atoms with Crippen LogP contribution in [0.1, 0.15) is 20.9 Å². The standard InChI is InChI=1S/C12H10BrN/c13-8-5-6-10-9-3-1-2-4-11(9)14-12(10)7-8/h1-6,8,14H,7H2/i1D,2D,3D,4D,5D,6D,8D. The highest BCUT2D eigenvalue weighted by molar-refractivity contribution is 9.09. The first-order chi connectivity index (χ1) is 9.66. The third kappa shape index (κ3) is 1.14. The van der Waals surface area contributed by atoms with Gasteiger partial charge in [0.25, 0.3) is 0 Å². The lowest BCUT2D eigenvalue weighted by atomic mass is 10.0. The second-order valence-corrected chi connectivity index (χ2v) is 4.02. The zero-order valence-electron chi connectivity index (χ0n) is 14.1. The molecule has 1 N–H and O–H groups in total. The second kappa shape index (κ2) is 2.99. The second-order valence-electron chi connectivity index (χ2n) is 3.06. The molecule has 1 atom stereocenters. The number of alkyl halides is 1. The molecule has 1 nitrogen and oxygen atoms in total. The Labute approximate surface area is 101 Å². The number of nitrogens with one attached hydrogen (secondary N) is 1. The largest absolute Gasteiger partial charge is 0.358 e. The van der Waals surface area contributed by atoms with Crippen LogP contribution in [0, 0.1) is 0 Å². The van der Waals surface area contributed by atoms with Crippen molar-refractivity contribution in [2.45, 2.75) is 11.2 Å². The molecule has 1 heterocycles. The zero-order valence-corrected chi connectivity index (χ0v) is 8.67. The molecule has 0 amide bonds. The van der Waals surface area contributed by atoms with Crippen LogP contribution in [0.2, 0.25) is 0 Å². The Kier molecular flexibility index (Phi) is 0.823. The minimum Gasteiger partial charge on any atom is -0.358 e. The summed E-state index contributed by atoms with van der Waals surface area (Å²) in [7, 11) is 0. The smallest absolute Gasteiger partial charge is 0.0645 e. The van der Waals surface area contributed by atoms with E-state index in [1.807, 2.05) is 0 Å². The average molecular weight is 255 g/mol. The molecule has 0 fully saturated rings. The van der Waals surface area contributed by atoms with Crippen molar-refractivity contribution >= 4 is 32.9 Å². The highest BCUT2D eigenvalue weighted by atomic mass is 79.9. The van der Waals surface area contributed by atoms with Crippen LogP contribution in [-0.2, 0) is 6.42 Å². The molecule has 2 aromatic rings. The fourth-order valence-electron chi connectivity index (χ4n) is 1.56. The van der Waals surface area contributed by atoms with E-state index in [9.17, 15) is 0 Å². The van der Waals surface area contributed by atoms with Gasteiger partial charge in [0.1, 0.15) is 0 Å². The summed E-state index contributed by atoms with van der Waals surface area (Å²) in [5.41, 5.74) is 0.989. The summed E-state index contributed by atoms with van der Waals surface area (Å²) in [6.07, 6.45) is 0.0950. The van der Waals surface area contributed by atoms with Gasteiger partial charge < -0.3 is 4.98 Å². The Morgan fingerprint density at radius 3 is 3.29 bits per heavy atom. The van der Waals surface area contributed by atoms with Crippen molar-refractivity contribution in [2.75, 3.05) is 0 Å². The van der Waals surface area contributed by atoms with Crippen LogP contribution in [0.3, 0.4) is 0 Å². The highest BCUT2D eigenvalue weighted by Crippen LogP contribution is 2.29. The van der Waals surface area contributed by atoms with E-state index in [0.29, 0.717) is 11.3 Å². The summed E-state index contributed by atoms with van der Waals surface area (Å²) >= 11 is 3.10.